The van der Waals surface area contributed by atoms with Gasteiger partial charge in [-0.2, -0.15) is 5.26 Å². The third kappa shape index (κ3) is 3.05. The fourth-order valence-electron chi connectivity index (χ4n) is 3.99. The largest absolute Gasteiger partial charge is 0.314 e. The molecule has 1 saturated carbocycles. The van der Waals surface area contributed by atoms with E-state index in [0.717, 1.165) is 18.4 Å². The summed E-state index contributed by atoms with van der Waals surface area (Å²) in [6, 6.07) is 3.43. The smallest absolute Gasteiger partial charge is 0.102 e. The quantitative estimate of drug-likeness (QED) is 0.836. The van der Waals surface area contributed by atoms with Crippen LogP contribution in [0, 0.1) is 17.2 Å². The summed E-state index contributed by atoms with van der Waals surface area (Å²) in [5, 5.41) is 9.08. The Bertz CT molecular complexity index is 316. The van der Waals surface area contributed by atoms with Crippen molar-refractivity contribution in [3.05, 3.63) is 0 Å². The average molecular weight is 249 g/mol. The van der Waals surface area contributed by atoms with Crippen molar-refractivity contribution in [2.45, 2.75) is 76.4 Å². The minimum Gasteiger partial charge on any atom is -0.314 e. The van der Waals surface area contributed by atoms with Crippen LogP contribution in [-0.4, -0.2) is 29.1 Å². The molecule has 0 amide bonds. The number of nitrogens with two attached hydrogens (primary N) is 1. The van der Waals surface area contributed by atoms with Gasteiger partial charge in [-0.05, 0) is 58.4 Å². The molecule has 2 unspecified atom stereocenters. The zero-order valence-corrected chi connectivity index (χ0v) is 11.9. The van der Waals surface area contributed by atoms with Crippen molar-refractivity contribution in [3.63, 3.8) is 0 Å². The predicted octanol–water partition coefficient (Wildman–Crippen LogP) is 2.66. The summed E-state index contributed by atoms with van der Waals surface area (Å²) in [6.45, 7) is 5.30. The van der Waals surface area contributed by atoms with Crippen molar-refractivity contribution in [3.8, 4) is 6.07 Å². The summed E-state index contributed by atoms with van der Waals surface area (Å²) in [5.74, 6) is 0.904. The molecule has 1 heterocycles. The summed E-state index contributed by atoms with van der Waals surface area (Å²) in [6.07, 6.45) is 9.06. The first-order valence-corrected chi connectivity index (χ1v) is 7.49. The van der Waals surface area contributed by atoms with Gasteiger partial charge in [-0.1, -0.05) is 12.8 Å². The van der Waals surface area contributed by atoms with E-state index in [0.29, 0.717) is 6.04 Å². The van der Waals surface area contributed by atoms with Crippen molar-refractivity contribution in [1.29, 1.82) is 5.26 Å². The van der Waals surface area contributed by atoms with Gasteiger partial charge < -0.3 is 5.73 Å². The molecule has 0 radical (unpaired) electrons. The van der Waals surface area contributed by atoms with Crippen molar-refractivity contribution in [2.24, 2.45) is 11.7 Å². The Hall–Kier alpha value is -0.590. The molecule has 0 aromatic carbocycles. The number of hydrogen-bond donors (Lipinski definition) is 1. The Kier molecular flexibility index (Phi) is 4.29. The monoisotopic (exact) mass is 249 g/mol. The van der Waals surface area contributed by atoms with Gasteiger partial charge in [0.1, 0.15) is 5.54 Å². The molecule has 102 valence electrons. The maximum atomic E-state index is 9.08. The third-order valence-corrected chi connectivity index (χ3v) is 4.83. The molecular formula is C15H27N3. The normalized spacial score (nSPS) is 34.1. The molecule has 0 aromatic heterocycles. The molecule has 1 saturated heterocycles. The van der Waals surface area contributed by atoms with Crippen LogP contribution in [-0.2, 0) is 0 Å². The first-order valence-electron chi connectivity index (χ1n) is 7.49. The molecule has 2 rings (SSSR count). The summed E-state index contributed by atoms with van der Waals surface area (Å²) >= 11 is 0. The number of nitriles is 1. The zero-order valence-electron chi connectivity index (χ0n) is 11.9. The average Bonchev–Trinajstić information content (AvgIpc) is 2.37. The number of fused-ring (bicyclic) bond motifs is 1. The predicted molar refractivity (Wildman–Crippen MR) is 74.0 cm³/mol. The third-order valence-electron chi connectivity index (χ3n) is 4.83. The van der Waals surface area contributed by atoms with Crippen molar-refractivity contribution in [1.82, 2.24) is 4.90 Å². The SMILES string of the molecule is CC(CC(C)(N)C#N)N1CCC[C@H]2CCCC[C@H]21. The summed E-state index contributed by atoms with van der Waals surface area (Å²) in [5.41, 5.74) is 5.32. The zero-order chi connectivity index (χ0) is 13.2. The first-order chi connectivity index (χ1) is 8.53. The molecule has 3 heteroatoms. The van der Waals surface area contributed by atoms with Gasteiger partial charge in [-0.15, -0.1) is 0 Å². The topological polar surface area (TPSA) is 53.1 Å². The van der Waals surface area contributed by atoms with Crippen LogP contribution in [0.1, 0.15) is 58.8 Å². The van der Waals surface area contributed by atoms with E-state index in [9.17, 15) is 0 Å². The lowest BCUT2D eigenvalue weighted by Crippen LogP contribution is -2.53. The molecule has 4 atom stereocenters. The minimum atomic E-state index is -0.680. The van der Waals surface area contributed by atoms with Crippen LogP contribution in [0.5, 0.6) is 0 Å². The van der Waals surface area contributed by atoms with E-state index < -0.39 is 5.54 Å². The Morgan fingerprint density at radius 2 is 2.00 bits per heavy atom. The summed E-state index contributed by atoms with van der Waals surface area (Å²) < 4.78 is 0. The van der Waals surface area contributed by atoms with Gasteiger partial charge in [0.25, 0.3) is 0 Å². The maximum Gasteiger partial charge on any atom is 0.102 e. The highest BCUT2D eigenvalue weighted by atomic mass is 15.2. The van der Waals surface area contributed by atoms with Gasteiger partial charge >= 0.3 is 0 Å². The van der Waals surface area contributed by atoms with Crippen molar-refractivity contribution in [2.75, 3.05) is 6.54 Å². The molecule has 2 aliphatic rings. The van der Waals surface area contributed by atoms with E-state index in [1.807, 2.05) is 6.92 Å². The molecule has 2 N–H and O–H groups in total. The number of rotatable bonds is 3. The van der Waals surface area contributed by atoms with Gasteiger partial charge in [-0.3, -0.25) is 4.90 Å². The number of nitrogens with zero attached hydrogens (tertiary/aromatic N) is 2. The molecule has 18 heavy (non-hydrogen) atoms. The number of likely N-dealkylation sites (tertiary alicyclic amines) is 1. The summed E-state index contributed by atoms with van der Waals surface area (Å²) in [7, 11) is 0. The molecule has 3 nitrogen and oxygen atoms in total. The molecule has 0 aromatic rings. The van der Waals surface area contributed by atoms with Crippen LogP contribution < -0.4 is 5.73 Å². The van der Waals surface area contributed by atoms with Crippen LogP contribution >= 0.6 is 0 Å². The van der Waals surface area contributed by atoms with Gasteiger partial charge in [0.05, 0.1) is 6.07 Å². The fourth-order valence-corrected chi connectivity index (χ4v) is 3.99. The second kappa shape index (κ2) is 5.59. The first kappa shape index (κ1) is 13.8. The van der Waals surface area contributed by atoms with Crippen LogP contribution in [0.15, 0.2) is 0 Å². The standard InChI is InChI=1S/C15H27N3/c1-12(10-15(2,17)11-16)18-9-5-7-13-6-3-4-8-14(13)18/h12-14H,3-10,17H2,1-2H3/t12?,13-,14-,15?/m1/s1. The van der Waals surface area contributed by atoms with Gasteiger partial charge in [-0.25, -0.2) is 0 Å². The van der Waals surface area contributed by atoms with Crippen molar-refractivity contribution >= 4 is 0 Å². The van der Waals surface area contributed by atoms with E-state index >= 15 is 0 Å². The second-order valence-electron chi connectivity index (χ2n) is 6.57. The fraction of sp³-hybridized carbons (Fsp3) is 0.933. The molecular weight excluding hydrogens is 222 g/mol. The minimum absolute atomic E-state index is 0.436. The van der Waals surface area contributed by atoms with Crippen LogP contribution in [0.4, 0.5) is 0 Å². The van der Waals surface area contributed by atoms with Gasteiger partial charge in [0, 0.05) is 12.1 Å². The number of hydrogen-bond acceptors (Lipinski definition) is 3. The van der Waals surface area contributed by atoms with E-state index in [2.05, 4.69) is 17.9 Å². The lowest BCUT2D eigenvalue weighted by Gasteiger charge is -2.47. The highest BCUT2D eigenvalue weighted by Gasteiger charge is 2.36. The highest BCUT2D eigenvalue weighted by Crippen LogP contribution is 2.37. The number of piperidine rings is 1. The molecule has 2 fully saturated rings. The molecule has 1 aliphatic heterocycles. The van der Waals surface area contributed by atoms with Gasteiger partial charge in [0.2, 0.25) is 0 Å². The lowest BCUT2D eigenvalue weighted by molar-refractivity contribution is 0.0248. The molecule has 0 spiro atoms. The van der Waals surface area contributed by atoms with E-state index in [1.165, 1.54) is 45.1 Å². The highest BCUT2D eigenvalue weighted by molar-refractivity contribution is 5.03. The second-order valence-corrected chi connectivity index (χ2v) is 6.57. The van der Waals surface area contributed by atoms with Crippen LogP contribution in [0.3, 0.4) is 0 Å². The van der Waals surface area contributed by atoms with Crippen LogP contribution in [0.25, 0.3) is 0 Å². The Morgan fingerprint density at radius 1 is 1.33 bits per heavy atom. The van der Waals surface area contributed by atoms with E-state index in [4.69, 9.17) is 11.0 Å². The Morgan fingerprint density at radius 3 is 2.72 bits per heavy atom. The Balaban J connectivity index is 2.00. The van der Waals surface area contributed by atoms with Crippen LogP contribution in [0.2, 0.25) is 0 Å². The maximum absolute atomic E-state index is 9.08. The van der Waals surface area contributed by atoms with E-state index in [-0.39, 0.29) is 0 Å². The van der Waals surface area contributed by atoms with Crippen molar-refractivity contribution < 1.29 is 0 Å². The molecule has 1 aliphatic carbocycles. The summed E-state index contributed by atoms with van der Waals surface area (Å²) in [4.78, 5) is 2.65. The molecule has 0 bridgehead atoms. The van der Waals surface area contributed by atoms with E-state index in [1.54, 1.807) is 0 Å². The van der Waals surface area contributed by atoms with Gasteiger partial charge in [0.15, 0.2) is 0 Å². The Labute approximate surface area is 111 Å². The lowest BCUT2D eigenvalue weighted by atomic mass is 9.77.